The van der Waals surface area contributed by atoms with Gasteiger partial charge in [-0.3, -0.25) is 0 Å². The highest BCUT2D eigenvalue weighted by Gasteiger charge is 2.21. The maximum absolute atomic E-state index is 10.0. The molecule has 1 aliphatic rings. The molecule has 1 heterocycles. The van der Waals surface area contributed by atoms with Crippen LogP contribution in [0.4, 0.5) is 0 Å². The van der Waals surface area contributed by atoms with E-state index in [2.05, 4.69) is 22.9 Å². The van der Waals surface area contributed by atoms with Gasteiger partial charge in [-0.25, -0.2) is 0 Å². The monoisotopic (exact) mass is 272 g/mol. The number of halogens is 1. The van der Waals surface area contributed by atoms with Crippen LogP contribution in [-0.4, -0.2) is 10.4 Å². The molecule has 0 saturated carbocycles. The van der Waals surface area contributed by atoms with Crippen molar-refractivity contribution in [3.63, 3.8) is 0 Å². The van der Waals surface area contributed by atoms with Gasteiger partial charge in [0.25, 0.3) is 0 Å². The molecule has 0 aromatic heterocycles. The summed E-state index contributed by atoms with van der Waals surface area (Å²) >= 11 is 5.45. The molecular formula is C11H13BrOS. The Balaban J connectivity index is 2.43. The number of hydrogen-bond acceptors (Lipinski definition) is 2. The van der Waals surface area contributed by atoms with Gasteiger partial charge in [0.1, 0.15) is 0 Å². The fraction of sp³-hybridized carbons (Fsp3) is 0.455. The minimum Gasteiger partial charge on any atom is -0.388 e. The molecule has 1 aromatic carbocycles. The summed E-state index contributed by atoms with van der Waals surface area (Å²) in [6.07, 6.45) is 0.557. The van der Waals surface area contributed by atoms with Crippen molar-refractivity contribution in [1.82, 2.24) is 0 Å². The molecule has 76 valence electrons. The molecular weight excluding hydrogens is 260 g/mol. The SMILES string of the molecule is CC1CC(O)c2cccc(Br)c2CS1. The van der Waals surface area contributed by atoms with Crippen molar-refractivity contribution >= 4 is 27.7 Å². The summed E-state index contributed by atoms with van der Waals surface area (Å²) in [5.41, 5.74) is 2.35. The first-order valence-electron chi connectivity index (χ1n) is 4.75. The molecule has 1 N–H and O–H groups in total. The first kappa shape index (κ1) is 10.5. The molecule has 0 radical (unpaired) electrons. The number of thioether (sulfide) groups is 1. The maximum atomic E-state index is 10.0. The van der Waals surface area contributed by atoms with Gasteiger partial charge in [-0.1, -0.05) is 35.0 Å². The highest BCUT2D eigenvalue weighted by atomic mass is 79.9. The summed E-state index contributed by atoms with van der Waals surface area (Å²) in [5.74, 6) is 0.995. The summed E-state index contributed by atoms with van der Waals surface area (Å²) < 4.78 is 1.12. The molecule has 0 spiro atoms. The van der Waals surface area contributed by atoms with Gasteiger partial charge in [0.2, 0.25) is 0 Å². The lowest BCUT2D eigenvalue weighted by Gasteiger charge is -2.12. The van der Waals surface area contributed by atoms with Gasteiger partial charge >= 0.3 is 0 Å². The fourth-order valence-corrected chi connectivity index (χ4v) is 3.57. The Morgan fingerprint density at radius 2 is 2.29 bits per heavy atom. The average molecular weight is 273 g/mol. The van der Waals surface area contributed by atoms with E-state index in [1.165, 1.54) is 5.56 Å². The van der Waals surface area contributed by atoms with Crippen molar-refractivity contribution in [2.24, 2.45) is 0 Å². The lowest BCUT2D eigenvalue weighted by atomic mass is 10.0. The molecule has 1 aliphatic heterocycles. The zero-order valence-electron chi connectivity index (χ0n) is 8.03. The summed E-state index contributed by atoms with van der Waals surface area (Å²) in [6, 6.07) is 6.07. The van der Waals surface area contributed by atoms with E-state index < -0.39 is 0 Å². The van der Waals surface area contributed by atoms with Gasteiger partial charge in [-0.2, -0.15) is 11.8 Å². The van der Waals surface area contributed by atoms with Crippen LogP contribution in [0, 0.1) is 0 Å². The van der Waals surface area contributed by atoms with Crippen LogP contribution in [0.25, 0.3) is 0 Å². The topological polar surface area (TPSA) is 20.2 Å². The Bertz CT molecular complexity index is 340. The number of rotatable bonds is 0. The van der Waals surface area contributed by atoms with Crippen molar-refractivity contribution in [3.05, 3.63) is 33.8 Å². The van der Waals surface area contributed by atoms with Crippen LogP contribution in [0.3, 0.4) is 0 Å². The smallest absolute Gasteiger partial charge is 0.0803 e. The number of fused-ring (bicyclic) bond motifs is 1. The maximum Gasteiger partial charge on any atom is 0.0803 e. The van der Waals surface area contributed by atoms with Gasteiger partial charge in [-0.15, -0.1) is 0 Å². The van der Waals surface area contributed by atoms with Crippen LogP contribution >= 0.6 is 27.7 Å². The molecule has 2 atom stereocenters. The lowest BCUT2D eigenvalue weighted by Crippen LogP contribution is -2.03. The quantitative estimate of drug-likeness (QED) is 0.780. The van der Waals surface area contributed by atoms with E-state index in [0.29, 0.717) is 5.25 Å². The molecule has 0 bridgehead atoms. The standard InChI is InChI=1S/C11H13BrOS/c1-7-5-11(13)8-3-2-4-10(12)9(8)6-14-7/h2-4,7,11,13H,5-6H2,1H3. The molecule has 1 nitrogen and oxygen atoms in total. The van der Waals surface area contributed by atoms with Crippen LogP contribution in [0.2, 0.25) is 0 Å². The van der Waals surface area contributed by atoms with E-state index in [9.17, 15) is 5.11 Å². The normalized spacial score (nSPS) is 26.8. The van der Waals surface area contributed by atoms with Gasteiger partial charge in [0.15, 0.2) is 0 Å². The predicted molar refractivity (Wildman–Crippen MR) is 64.5 cm³/mol. The van der Waals surface area contributed by atoms with Crippen LogP contribution in [0.15, 0.2) is 22.7 Å². The predicted octanol–water partition coefficient (Wildman–Crippen LogP) is 3.51. The molecule has 0 amide bonds. The first-order valence-corrected chi connectivity index (χ1v) is 6.59. The first-order chi connectivity index (χ1) is 6.68. The second-order valence-corrected chi connectivity index (χ2v) is 5.96. The van der Waals surface area contributed by atoms with Crippen LogP contribution in [0.1, 0.15) is 30.6 Å². The second-order valence-electron chi connectivity index (χ2n) is 3.68. The van der Waals surface area contributed by atoms with Crippen molar-refractivity contribution in [2.45, 2.75) is 30.5 Å². The van der Waals surface area contributed by atoms with Gasteiger partial charge in [0, 0.05) is 15.5 Å². The van der Waals surface area contributed by atoms with Crippen molar-refractivity contribution in [1.29, 1.82) is 0 Å². The fourth-order valence-electron chi connectivity index (χ4n) is 1.77. The molecule has 14 heavy (non-hydrogen) atoms. The number of hydrogen-bond donors (Lipinski definition) is 1. The van der Waals surface area contributed by atoms with Crippen LogP contribution < -0.4 is 0 Å². The Morgan fingerprint density at radius 1 is 1.50 bits per heavy atom. The highest BCUT2D eigenvalue weighted by Crippen LogP contribution is 2.37. The molecule has 0 saturated heterocycles. The second kappa shape index (κ2) is 4.25. The third-order valence-electron chi connectivity index (χ3n) is 2.58. The third-order valence-corrected chi connectivity index (χ3v) is 4.54. The molecule has 2 unspecified atom stereocenters. The number of aliphatic hydroxyl groups is 1. The van der Waals surface area contributed by atoms with Crippen LogP contribution in [0.5, 0.6) is 0 Å². The van der Waals surface area contributed by atoms with Gasteiger partial charge in [0.05, 0.1) is 6.10 Å². The Labute approximate surface area is 97.0 Å². The van der Waals surface area contributed by atoms with Crippen molar-refractivity contribution in [2.75, 3.05) is 0 Å². The lowest BCUT2D eigenvalue weighted by molar-refractivity contribution is 0.168. The van der Waals surface area contributed by atoms with E-state index in [1.54, 1.807) is 0 Å². The molecule has 0 aliphatic carbocycles. The Hall–Kier alpha value is 0.01000. The molecule has 3 heteroatoms. The Kier molecular flexibility index (Phi) is 3.20. The van der Waals surface area contributed by atoms with E-state index in [1.807, 2.05) is 30.0 Å². The zero-order chi connectivity index (χ0) is 10.1. The molecule has 1 aromatic rings. The average Bonchev–Trinajstić information content (AvgIpc) is 2.28. The van der Waals surface area contributed by atoms with E-state index in [0.717, 1.165) is 22.2 Å². The number of benzene rings is 1. The van der Waals surface area contributed by atoms with E-state index in [-0.39, 0.29) is 6.10 Å². The largest absolute Gasteiger partial charge is 0.388 e. The summed E-state index contributed by atoms with van der Waals surface area (Å²) in [5, 5.41) is 10.5. The van der Waals surface area contributed by atoms with E-state index in [4.69, 9.17) is 0 Å². The van der Waals surface area contributed by atoms with Crippen molar-refractivity contribution in [3.8, 4) is 0 Å². The molecule has 2 rings (SSSR count). The third kappa shape index (κ3) is 2.00. The summed E-state index contributed by atoms with van der Waals surface area (Å²) in [6.45, 7) is 2.17. The highest BCUT2D eigenvalue weighted by molar-refractivity contribution is 9.10. The van der Waals surface area contributed by atoms with Crippen LogP contribution in [-0.2, 0) is 5.75 Å². The minimum atomic E-state index is -0.299. The Morgan fingerprint density at radius 3 is 3.07 bits per heavy atom. The van der Waals surface area contributed by atoms with Gasteiger partial charge < -0.3 is 5.11 Å². The summed E-state index contributed by atoms with van der Waals surface area (Å²) in [7, 11) is 0. The number of aliphatic hydroxyl groups excluding tert-OH is 1. The zero-order valence-corrected chi connectivity index (χ0v) is 10.4. The minimum absolute atomic E-state index is 0.299. The molecule has 0 fully saturated rings. The van der Waals surface area contributed by atoms with E-state index >= 15 is 0 Å². The van der Waals surface area contributed by atoms with Crippen molar-refractivity contribution < 1.29 is 5.11 Å². The summed E-state index contributed by atoms with van der Waals surface area (Å²) in [4.78, 5) is 0. The van der Waals surface area contributed by atoms with Gasteiger partial charge in [-0.05, 0) is 23.6 Å².